The highest BCUT2D eigenvalue weighted by atomic mass is 32.1. The van der Waals surface area contributed by atoms with Crippen molar-refractivity contribution in [3.05, 3.63) is 41.2 Å². The van der Waals surface area contributed by atoms with Gasteiger partial charge in [-0.15, -0.1) is 11.3 Å². The fourth-order valence-corrected chi connectivity index (χ4v) is 2.37. The van der Waals surface area contributed by atoms with Crippen molar-refractivity contribution in [2.75, 3.05) is 5.73 Å². The number of para-hydroxylation sites is 2. The highest BCUT2D eigenvalue weighted by Gasteiger charge is 2.05. The first-order valence-electron chi connectivity index (χ1n) is 6.17. The molecule has 0 spiro atoms. The molecule has 0 radical (unpaired) electrons. The van der Waals surface area contributed by atoms with E-state index in [4.69, 9.17) is 5.73 Å². The molecule has 1 aromatic carbocycles. The number of H-pyrrole nitrogens is 1. The Morgan fingerprint density at radius 3 is 3.05 bits per heavy atom. The summed E-state index contributed by atoms with van der Waals surface area (Å²) >= 11 is 1.30. The fraction of sp³-hybridized carbons (Fsp3) is 0.0769. The lowest BCUT2D eigenvalue weighted by Crippen LogP contribution is -2.20. The van der Waals surface area contributed by atoms with Gasteiger partial charge in [0.2, 0.25) is 5.91 Å². The van der Waals surface area contributed by atoms with Crippen LogP contribution < -0.4 is 11.2 Å². The van der Waals surface area contributed by atoms with Crippen molar-refractivity contribution in [1.82, 2.24) is 20.4 Å². The molecule has 1 amide bonds. The number of fused-ring (bicyclic) bond motifs is 1. The largest absolute Gasteiger partial charge is 0.375 e. The van der Waals surface area contributed by atoms with Gasteiger partial charge in [-0.3, -0.25) is 4.79 Å². The Balaban J connectivity index is 1.60. The summed E-state index contributed by atoms with van der Waals surface area (Å²) in [5.74, 6) is 0.321. The van der Waals surface area contributed by atoms with Crippen LogP contribution in [-0.2, 0) is 11.2 Å². The van der Waals surface area contributed by atoms with Crippen molar-refractivity contribution in [2.45, 2.75) is 6.42 Å². The van der Waals surface area contributed by atoms with E-state index in [0.717, 1.165) is 11.0 Å². The summed E-state index contributed by atoms with van der Waals surface area (Å²) in [4.78, 5) is 23.1. The quantitative estimate of drug-likeness (QED) is 0.498. The summed E-state index contributed by atoms with van der Waals surface area (Å²) in [5, 5.41) is 6.06. The monoisotopic (exact) mass is 300 g/mol. The Morgan fingerprint density at radius 1 is 1.43 bits per heavy atom. The number of aromatic amines is 1. The number of rotatable bonds is 4. The van der Waals surface area contributed by atoms with Crippen LogP contribution in [0.1, 0.15) is 11.5 Å². The predicted molar refractivity (Wildman–Crippen MR) is 82.1 cm³/mol. The number of nitrogens with one attached hydrogen (secondary N) is 2. The minimum atomic E-state index is -0.257. The van der Waals surface area contributed by atoms with E-state index in [0.29, 0.717) is 16.6 Å². The molecule has 0 atom stereocenters. The maximum absolute atomic E-state index is 11.7. The fourth-order valence-electron chi connectivity index (χ4n) is 1.81. The van der Waals surface area contributed by atoms with Gasteiger partial charge in [0, 0.05) is 5.38 Å². The number of amides is 1. The standard InChI is InChI=1S/C13H12N6OS/c14-13-16-8(7-21-13)5-12(20)19-15-6-11-17-9-3-1-2-4-10(9)18-11/h1-4,6-7H,5H2,(H2,14,16)(H,17,18)(H,19,20)/b15-6+. The first-order valence-corrected chi connectivity index (χ1v) is 7.05. The lowest BCUT2D eigenvalue weighted by molar-refractivity contribution is -0.120. The number of carbonyl (C=O) groups excluding carboxylic acids is 1. The van der Waals surface area contributed by atoms with Crippen LogP contribution in [0.25, 0.3) is 11.0 Å². The molecule has 0 aliphatic carbocycles. The van der Waals surface area contributed by atoms with Crippen molar-refractivity contribution < 1.29 is 4.79 Å². The van der Waals surface area contributed by atoms with Crippen LogP contribution in [0, 0.1) is 0 Å². The van der Waals surface area contributed by atoms with Crippen molar-refractivity contribution in [3.8, 4) is 0 Å². The first-order chi connectivity index (χ1) is 10.2. The molecule has 0 saturated carbocycles. The molecule has 0 saturated heterocycles. The molecule has 0 aliphatic heterocycles. The highest BCUT2D eigenvalue weighted by molar-refractivity contribution is 7.13. The van der Waals surface area contributed by atoms with E-state index in [-0.39, 0.29) is 12.3 Å². The maximum atomic E-state index is 11.7. The molecule has 2 aromatic heterocycles. The SMILES string of the molecule is Nc1nc(CC(=O)N/N=C/c2nc3ccccc3[nH]2)cs1. The zero-order chi connectivity index (χ0) is 14.7. The topological polar surface area (TPSA) is 109 Å². The molecule has 0 fully saturated rings. The molecule has 3 rings (SSSR count). The number of imidazole rings is 1. The average Bonchev–Trinajstić information content (AvgIpc) is 3.04. The van der Waals surface area contributed by atoms with Gasteiger partial charge >= 0.3 is 0 Å². The molecule has 0 unspecified atom stereocenters. The predicted octanol–water partition coefficient (Wildman–Crippen LogP) is 1.29. The van der Waals surface area contributed by atoms with Crippen LogP contribution in [0.4, 0.5) is 5.13 Å². The molecule has 8 heteroatoms. The number of nitrogen functional groups attached to an aromatic ring is 1. The molecule has 21 heavy (non-hydrogen) atoms. The number of hydrazone groups is 1. The molecule has 4 N–H and O–H groups in total. The number of hydrogen-bond donors (Lipinski definition) is 3. The number of anilines is 1. The van der Waals surface area contributed by atoms with Gasteiger partial charge < -0.3 is 10.7 Å². The van der Waals surface area contributed by atoms with E-state index < -0.39 is 0 Å². The van der Waals surface area contributed by atoms with Gasteiger partial charge in [0.1, 0.15) is 0 Å². The molecule has 3 aromatic rings. The first kappa shape index (κ1) is 13.3. The molecule has 0 bridgehead atoms. The van der Waals surface area contributed by atoms with E-state index in [9.17, 15) is 4.79 Å². The van der Waals surface area contributed by atoms with Crippen molar-refractivity contribution in [3.63, 3.8) is 0 Å². The lowest BCUT2D eigenvalue weighted by Gasteiger charge is -1.95. The summed E-state index contributed by atoms with van der Waals surface area (Å²) < 4.78 is 0. The summed E-state index contributed by atoms with van der Waals surface area (Å²) in [7, 11) is 0. The molecule has 106 valence electrons. The van der Waals surface area contributed by atoms with Gasteiger partial charge in [-0.25, -0.2) is 15.4 Å². The summed E-state index contributed by atoms with van der Waals surface area (Å²) in [5.41, 5.74) is 10.3. The van der Waals surface area contributed by atoms with Gasteiger partial charge in [-0.2, -0.15) is 5.10 Å². The summed E-state index contributed by atoms with van der Waals surface area (Å²) in [6.45, 7) is 0. The lowest BCUT2D eigenvalue weighted by atomic mass is 10.3. The van der Waals surface area contributed by atoms with Crippen LogP contribution in [0.2, 0.25) is 0 Å². The smallest absolute Gasteiger partial charge is 0.246 e. The van der Waals surface area contributed by atoms with Crippen LogP contribution >= 0.6 is 11.3 Å². The minimum absolute atomic E-state index is 0.144. The Labute approximate surface area is 123 Å². The number of aromatic nitrogens is 3. The third-order valence-corrected chi connectivity index (χ3v) is 3.42. The number of benzene rings is 1. The number of hydrogen-bond acceptors (Lipinski definition) is 6. The number of nitrogens with zero attached hydrogens (tertiary/aromatic N) is 3. The third kappa shape index (κ3) is 3.23. The highest BCUT2D eigenvalue weighted by Crippen LogP contribution is 2.11. The normalized spacial score (nSPS) is 11.2. The Hall–Kier alpha value is -2.74. The van der Waals surface area contributed by atoms with Gasteiger partial charge in [0.15, 0.2) is 11.0 Å². The van der Waals surface area contributed by atoms with Crippen molar-refractivity contribution >= 4 is 39.6 Å². The maximum Gasteiger partial charge on any atom is 0.246 e. The second-order valence-corrected chi connectivity index (χ2v) is 5.18. The van der Waals surface area contributed by atoms with Crippen molar-refractivity contribution in [1.29, 1.82) is 0 Å². The molecule has 2 heterocycles. The van der Waals surface area contributed by atoms with Gasteiger partial charge in [-0.05, 0) is 12.1 Å². The van der Waals surface area contributed by atoms with Gasteiger partial charge in [0.05, 0.1) is 29.4 Å². The van der Waals surface area contributed by atoms with E-state index in [2.05, 4.69) is 25.5 Å². The van der Waals surface area contributed by atoms with Crippen LogP contribution in [0.15, 0.2) is 34.7 Å². The molecular formula is C13H12N6OS. The Kier molecular flexibility index (Phi) is 3.61. The van der Waals surface area contributed by atoms with Crippen LogP contribution in [0.3, 0.4) is 0 Å². The van der Waals surface area contributed by atoms with E-state index in [1.54, 1.807) is 5.38 Å². The second kappa shape index (κ2) is 5.71. The third-order valence-electron chi connectivity index (χ3n) is 2.69. The molecular weight excluding hydrogens is 288 g/mol. The zero-order valence-electron chi connectivity index (χ0n) is 10.9. The molecule has 7 nitrogen and oxygen atoms in total. The van der Waals surface area contributed by atoms with E-state index in [1.807, 2.05) is 24.3 Å². The van der Waals surface area contributed by atoms with Gasteiger partial charge in [0.25, 0.3) is 0 Å². The van der Waals surface area contributed by atoms with E-state index >= 15 is 0 Å². The second-order valence-electron chi connectivity index (χ2n) is 4.29. The average molecular weight is 300 g/mol. The number of thiazole rings is 1. The van der Waals surface area contributed by atoms with Gasteiger partial charge in [-0.1, -0.05) is 12.1 Å². The zero-order valence-corrected chi connectivity index (χ0v) is 11.7. The van der Waals surface area contributed by atoms with Crippen LogP contribution in [-0.4, -0.2) is 27.1 Å². The Morgan fingerprint density at radius 2 is 2.29 bits per heavy atom. The number of carbonyl (C=O) groups is 1. The Bertz CT molecular complexity index is 773. The number of nitrogens with two attached hydrogens (primary N) is 1. The van der Waals surface area contributed by atoms with Crippen LogP contribution in [0.5, 0.6) is 0 Å². The van der Waals surface area contributed by atoms with Crippen molar-refractivity contribution in [2.24, 2.45) is 5.10 Å². The van der Waals surface area contributed by atoms with E-state index in [1.165, 1.54) is 17.6 Å². The summed E-state index contributed by atoms with van der Waals surface area (Å²) in [6.07, 6.45) is 1.61. The minimum Gasteiger partial charge on any atom is -0.375 e. The molecule has 0 aliphatic rings. The summed E-state index contributed by atoms with van der Waals surface area (Å²) in [6, 6.07) is 7.65.